The van der Waals surface area contributed by atoms with E-state index in [1.54, 1.807) is 0 Å². The van der Waals surface area contributed by atoms with E-state index in [1.807, 2.05) is 52.0 Å². The molecule has 0 fully saturated rings. The zero-order chi connectivity index (χ0) is 43.4. The second kappa shape index (κ2) is 20.3. The number of hydrogen-bond donors (Lipinski definition) is 11. The number of nitrogens with two attached hydrogens (primary N) is 8. The molecule has 19 heteroatoms. The number of carbonyl (C=O) groups is 2. The molecule has 0 aliphatic rings. The molecule has 0 atom stereocenters. The first-order valence-electron chi connectivity index (χ1n) is 18.6. The van der Waals surface area contributed by atoms with Crippen molar-refractivity contribution in [2.45, 2.75) is 64.2 Å². The van der Waals surface area contributed by atoms with Crippen molar-refractivity contribution in [3.05, 3.63) is 58.7 Å². The number of rotatable bonds is 18. The minimum Gasteiger partial charge on any atom is -0.491 e. The minimum absolute atomic E-state index is 0.0104. The predicted molar refractivity (Wildman–Crippen MR) is 239 cm³/mol. The third-order valence-electron chi connectivity index (χ3n) is 8.37. The van der Waals surface area contributed by atoms with Crippen LogP contribution in [0.4, 0.5) is 28.4 Å². The van der Waals surface area contributed by atoms with Gasteiger partial charge in [-0.2, -0.15) is 0 Å². The molecule has 18 nitrogen and oxygen atoms in total. The zero-order valence-corrected chi connectivity index (χ0v) is 35.2. The standard InChI is InChI=1S/C39H60N14O4S/c1-8-58-32-26(41)16-22(39(5,6)7)18-28(32)53-34(55)24-19-23(29(56-13-11-50-36(44)45)20-30(24)57-14-12-51-37(46)47)33(54)52-27-17-21(38(2,3)4)15-25(40)31(27)48-9-10-49-35(42)43/h15-20,48H,8-14,40-41H2,1-7H3,(H,52,54)(H,53,55)(H4,42,43,49)(H4,44,45,50)(H4,46,47,51). The molecule has 0 aliphatic heterocycles. The van der Waals surface area contributed by atoms with Gasteiger partial charge in [-0.1, -0.05) is 48.5 Å². The molecule has 19 N–H and O–H groups in total. The maximum absolute atomic E-state index is 14.5. The Morgan fingerprint density at radius 3 is 1.55 bits per heavy atom. The quantitative estimate of drug-likeness (QED) is 0.0289. The molecule has 0 aliphatic carbocycles. The fourth-order valence-electron chi connectivity index (χ4n) is 5.44. The minimum atomic E-state index is -0.628. The summed E-state index contributed by atoms with van der Waals surface area (Å²) >= 11 is 1.49. The highest BCUT2D eigenvalue weighted by Crippen LogP contribution is 2.40. The number of nitrogens with zero attached hydrogens (tertiary/aromatic N) is 3. The lowest BCUT2D eigenvalue weighted by atomic mass is 9.86. The van der Waals surface area contributed by atoms with Crippen molar-refractivity contribution in [3.8, 4) is 11.5 Å². The molecule has 0 saturated heterocycles. The Morgan fingerprint density at radius 1 is 0.638 bits per heavy atom. The molecule has 0 spiro atoms. The van der Waals surface area contributed by atoms with E-state index >= 15 is 0 Å². The Labute approximate surface area is 344 Å². The fourth-order valence-corrected chi connectivity index (χ4v) is 6.22. The van der Waals surface area contributed by atoms with Gasteiger partial charge in [0.15, 0.2) is 17.9 Å². The lowest BCUT2D eigenvalue weighted by Crippen LogP contribution is -2.24. The summed E-state index contributed by atoms with van der Waals surface area (Å²) in [6.07, 6.45) is 0. The summed E-state index contributed by atoms with van der Waals surface area (Å²) in [4.78, 5) is 41.7. The Balaban J connectivity index is 2.25. The molecule has 3 aromatic rings. The average molecular weight is 821 g/mol. The van der Waals surface area contributed by atoms with Crippen LogP contribution in [0.1, 0.15) is 80.3 Å². The molecule has 3 rings (SSSR count). The van der Waals surface area contributed by atoms with Crippen LogP contribution in [0.25, 0.3) is 0 Å². The highest BCUT2D eigenvalue weighted by Gasteiger charge is 2.26. The molecule has 0 heterocycles. The summed E-state index contributed by atoms with van der Waals surface area (Å²) in [6.45, 7) is 14.9. The Hall–Kier alpha value is -6.24. The summed E-state index contributed by atoms with van der Waals surface area (Å²) in [7, 11) is 0. The van der Waals surface area contributed by atoms with Gasteiger partial charge in [0, 0.05) is 18.3 Å². The van der Waals surface area contributed by atoms with Crippen molar-refractivity contribution in [3.63, 3.8) is 0 Å². The number of amides is 2. The van der Waals surface area contributed by atoms with Crippen molar-refractivity contribution in [2.24, 2.45) is 49.4 Å². The van der Waals surface area contributed by atoms with Gasteiger partial charge >= 0.3 is 0 Å². The van der Waals surface area contributed by atoms with Gasteiger partial charge in [-0.3, -0.25) is 24.6 Å². The van der Waals surface area contributed by atoms with Crippen molar-refractivity contribution < 1.29 is 19.1 Å². The maximum Gasteiger partial charge on any atom is 0.259 e. The number of aliphatic imine (C=N–C) groups is 3. The van der Waals surface area contributed by atoms with E-state index < -0.39 is 11.8 Å². The van der Waals surface area contributed by atoms with E-state index in [9.17, 15) is 9.59 Å². The summed E-state index contributed by atoms with van der Waals surface area (Å²) < 4.78 is 12.2. The van der Waals surface area contributed by atoms with Gasteiger partial charge in [-0.15, -0.1) is 11.8 Å². The lowest BCUT2D eigenvalue weighted by molar-refractivity contribution is 0.102. The third kappa shape index (κ3) is 13.5. The number of ether oxygens (including phenoxy) is 2. The molecule has 0 unspecified atom stereocenters. The summed E-state index contributed by atoms with van der Waals surface area (Å²) in [6, 6.07) is 10.3. The van der Waals surface area contributed by atoms with Crippen LogP contribution in [0, 0.1) is 0 Å². The molecule has 0 aromatic heterocycles. The van der Waals surface area contributed by atoms with Crippen molar-refractivity contribution in [2.75, 3.05) is 72.6 Å². The first-order valence-corrected chi connectivity index (χ1v) is 19.6. The number of thioether (sulfide) groups is 1. The molecule has 316 valence electrons. The highest BCUT2D eigenvalue weighted by atomic mass is 32.2. The van der Waals surface area contributed by atoms with Crippen molar-refractivity contribution >= 4 is 69.9 Å². The normalized spacial score (nSPS) is 11.2. The van der Waals surface area contributed by atoms with Crippen LogP contribution in [0.3, 0.4) is 0 Å². The summed E-state index contributed by atoms with van der Waals surface area (Å²) in [5, 5.41) is 9.24. The Kier molecular flexibility index (Phi) is 16.1. The monoisotopic (exact) mass is 820 g/mol. The van der Waals surface area contributed by atoms with E-state index in [0.717, 1.165) is 11.1 Å². The maximum atomic E-state index is 14.5. The first kappa shape index (κ1) is 46.1. The molecule has 3 aromatic carbocycles. The molecular weight excluding hydrogens is 761 g/mol. The van der Waals surface area contributed by atoms with E-state index in [-0.39, 0.29) is 84.2 Å². The third-order valence-corrected chi connectivity index (χ3v) is 9.40. The van der Waals surface area contributed by atoms with Crippen LogP contribution >= 0.6 is 11.8 Å². The van der Waals surface area contributed by atoms with Crippen LogP contribution in [0.5, 0.6) is 11.5 Å². The van der Waals surface area contributed by atoms with E-state index in [1.165, 1.54) is 23.9 Å². The van der Waals surface area contributed by atoms with Crippen LogP contribution in [0.2, 0.25) is 0 Å². The first-order chi connectivity index (χ1) is 27.1. The van der Waals surface area contributed by atoms with Gasteiger partial charge in [-0.05, 0) is 58.0 Å². The molecule has 2 amide bonds. The number of anilines is 5. The number of benzene rings is 3. The number of hydrogen-bond acceptors (Lipinski definition) is 11. The van der Waals surface area contributed by atoms with Crippen LogP contribution in [0.15, 0.2) is 56.3 Å². The van der Waals surface area contributed by atoms with Gasteiger partial charge < -0.3 is 71.3 Å². The van der Waals surface area contributed by atoms with Crippen molar-refractivity contribution in [1.29, 1.82) is 0 Å². The van der Waals surface area contributed by atoms with E-state index in [2.05, 4.69) is 51.7 Å². The van der Waals surface area contributed by atoms with Gasteiger partial charge in [-0.25, -0.2) is 0 Å². The molecule has 0 radical (unpaired) electrons. The predicted octanol–water partition coefficient (Wildman–Crippen LogP) is 3.05. The Bertz CT molecular complexity index is 2030. The second-order valence-corrected chi connectivity index (χ2v) is 16.4. The van der Waals surface area contributed by atoms with Gasteiger partial charge in [0.25, 0.3) is 11.8 Å². The van der Waals surface area contributed by atoms with Crippen LogP contribution in [-0.4, -0.2) is 74.8 Å². The molecular formula is C39H60N14O4S. The number of nitrogens with one attached hydrogen (secondary N) is 3. The topological polar surface area (TPSA) is 334 Å². The number of nitrogen functional groups attached to an aromatic ring is 2. The zero-order valence-electron chi connectivity index (χ0n) is 34.4. The Morgan fingerprint density at radius 2 is 1.09 bits per heavy atom. The summed E-state index contributed by atoms with van der Waals surface area (Å²) in [5.74, 6) is -0.681. The van der Waals surface area contributed by atoms with Gasteiger partial charge in [0.05, 0.1) is 58.4 Å². The SMILES string of the molecule is CCSc1c(N)cc(C(C)(C)C)cc1NC(=O)c1cc(C(=O)Nc2cc(C(C)(C)C)cc(N)c2NCCN=C(N)N)c(OCCN=C(N)N)cc1OCCN=C(N)N. The van der Waals surface area contributed by atoms with Crippen molar-refractivity contribution in [1.82, 2.24) is 0 Å². The molecule has 0 bridgehead atoms. The van der Waals surface area contributed by atoms with E-state index in [0.29, 0.717) is 45.6 Å². The highest BCUT2D eigenvalue weighted by molar-refractivity contribution is 7.99. The van der Waals surface area contributed by atoms with E-state index in [4.69, 9.17) is 55.3 Å². The number of guanidine groups is 3. The summed E-state index contributed by atoms with van der Waals surface area (Å²) in [5.41, 5.74) is 49.6. The van der Waals surface area contributed by atoms with Gasteiger partial charge in [0.2, 0.25) is 0 Å². The lowest BCUT2D eigenvalue weighted by Gasteiger charge is -2.24. The molecule has 58 heavy (non-hydrogen) atoms. The average Bonchev–Trinajstić information content (AvgIpc) is 3.11. The fraction of sp³-hybridized carbons (Fsp3) is 0.410. The van der Waals surface area contributed by atoms with Gasteiger partial charge in [0.1, 0.15) is 24.7 Å². The van der Waals surface area contributed by atoms with Crippen LogP contribution in [-0.2, 0) is 10.8 Å². The second-order valence-electron chi connectivity index (χ2n) is 15.2. The largest absolute Gasteiger partial charge is 0.491 e. The molecule has 0 saturated carbocycles. The van der Waals surface area contributed by atoms with Crippen LogP contribution < -0.4 is 71.3 Å². The number of carbonyl (C=O) groups excluding carboxylic acids is 2. The smallest absolute Gasteiger partial charge is 0.259 e.